The Morgan fingerprint density at radius 3 is 2.67 bits per heavy atom. The fourth-order valence-electron chi connectivity index (χ4n) is 1.59. The van der Waals surface area contributed by atoms with Gasteiger partial charge < -0.3 is 15.7 Å². The Bertz CT molecular complexity index is 564. The first-order chi connectivity index (χ1) is 9.85. The number of nitro groups is 1. The van der Waals surface area contributed by atoms with Crippen LogP contribution in [-0.4, -0.2) is 28.1 Å². The molecule has 0 unspecified atom stereocenters. The van der Waals surface area contributed by atoms with Crippen LogP contribution in [-0.2, 0) is 4.79 Å². The summed E-state index contributed by atoms with van der Waals surface area (Å²) in [6, 6.07) is 2.14. The molecule has 1 aromatic carbocycles. The lowest BCUT2D eigenvalue weighted by Crippen LogP contribution is -2.42. The molecule has 0 radical (unpaired) electrons. The summed E-state index contributed by atoms with van der Waals surface area (Å²) in [6.07, 6.45) is 0.886. The number of nitrogens with one attached hydrogen (secondary N) is 2. The van der Waals surface area contributed by atoms with Crippen molar-refractivity contribution in [3.8, 4) is 0 Å². The predicted molar refractivity (Wildman–Crippen MR) is 79.3 cm³/mol. The third-order valence-corrected chi connectivity index (χ3v) is 3.28. The van der Waals surface area contributed by atoms with Gasteiger partial charge in [0.1, 0.15) is 6.04 Å². The number of benzene rings is 1. The van der Waals surface area contributed by atoms with Gasteiger partial charge in [-0.25, -0.2) is 9.59 Å². The lowest BCUT2D eigenvalue weighted by Gasteiger charge is -2.14. The molecular weight excluding hydrogens is 346 g/mol. The van der Waals surface area contributed by atoms with E-state index in [9.17, 15) is 19.7 Å². The van der Waals surface area contributed by atoms with E-state index in [4.69, 9.17) is 5.11 Å². The van der Waals surface area contributed by atoms with Gasteiger partial charge in [-0.15, -0.1) is 0 Å². The first kappa shape index (κ1) is 16.9. The number of hydrogen-bond acceptors (Lipinski definition) is 4. The van der Waals surface area contributed by atoms with Gasteiger partial charge in [0.25, 0.3) is 5.69 Å². The monoisotopic (exact) mass is 359 g/mol. The van der Waals surface area contributed by atoms with Gasteiger partial charge in [-0.3, -0.25) is 10.1 Å². The number of aliphatic carboxylic acids is 1. The van der Waals surface area contributed by atoms with E-state index in [0.29, 0.717) is 17.3 Å². The van der Waals surface area contributed by atoms with E-state index in [1.165, 1.54) is 18.2 Å². The minimum atomic E-state index is -1.13. The van der Waals surface area contributed by atoms with Crippen molar-refractivity contribution >= 4 is 39.3 Å². The standard InChI is InChI=1S/C12H14BrN3O5/c1-2-3-9(11(17)18)14-12(19)15-10-6-7(16(20)21)4-5-8(10)13/h4-6,9H,2-3H2,1H3,(H,17,18)(H2,14,15,19)/t9-/m1/s1. The van der Waals surface area contributed by atoms with E-state index in [0.717, 1.165) is 0 Å². The average molecular weight is 360 g/mol. The Labute approximate surface area is 128 Å². The molecule has 0 bridgehead atoms. The molecule has 2 amide bonds. The number of hydrogen-bond donors (Lipinski definition) is 3. The maximum absolute atomic E-state index is 11.8. The third-order valence-electron chi connectivity index (χ3n) is 2.59. The summed E-state index contributed by atoms with van der Waals surface area (Å²) in [5.74, 6) is -1.13. The number of carbonyl (C=O) groups is 2. The number of amides is 2. The van der Waals surface area contributed by atoms with Crippen molar-refractivity contribution in [2.75, 3.05) is 5.32 Å². The molecule has 0 aliphatic heterocycles. The number of rotatable bonds is 6. The lowest BCUT2D eigenvalue weighted by molar-refractivity contribution is -0.384. The van der Waals surface area contributed by atoms with Crippen molar-refractivity contribution in [1.82, 2.24) is 5.32 Å². The molecule has 0 saturated heterocycles. The van der Waals surface area contributed by atoms with Crippen molar-refractivity contribution in [3.63, 3.8) is 0 Å². The molecule has 0 fully saturated rings. The SMILES string of the molecule is CCC[C@@H](NC(=O)Nc1cc([N+](=O)[O-])ccc1Br)C(=O)O. The van der Waals surface area contributed by atoms with Crippen LogP contribution in [0.5, 0.6) is 0 Å². The smallest absolute Gasteiger partial charge is 0.326 e. The normalized spacial score (nSPS) is 11.5. The van der Waals surface area contributed by atoms with Crippen LogP contribution in [0.1, 0.15) is 19.8 Å². The Morgan fingerprint density at radius 2 is 2.14 bits per heavy atom. The molecule has 114 valence electrons. The maximum Gasteiger partial charge on any atom is 0.326 e. The second-order valence-corrected chi connectivity index (χ2v) is 5.05. The largest absolute Gasteiger partial charge is 0.480 e. The van der Waals surface area contributed by atoms with Crippen molar-refractivity contribution in [3.05, 3.63) is 32.8 Å². The molecule has 0 aromatic heterocycles. The van der Waals surface area contributed by atoms with Crippen molar-refractivity contribution in [1.29, 1.82) is 0 Å². The van der Waals surface area contributed by atoms with E-state index < -0.39 is 23.0 Å². The van der Waals surface area contributed by atoms with Crippen LogP contribution in [0.3, 0.4) is 0 Å². The molecule has 0 spiro atoms. The molecule has 1 aromatic rings. The summed E-state index contributed by atoms with van der Waals surface area (Å²) >= 11 is 3.15. The van der Waals surface area contributed by atoms with Crippen LogP contribution in [0.15, 0.2) is 22.7 Å². The first-order valence-electron chi connectivity index (χ1n) is 6.09. The molecule has 0 aliphatic rings. The van der Waals surface area contributed by atoms with Gasteiger partial charge in [-0.2, -0.15) is 0 Å². The van der Waals surface area contributed by atoms with Crippen LogP contribution < -0.4 is 10.6 Å². The molecule has 0 heterocycles. The quantitative estimate of drug-likeness (QED) is 0.532. The second-order valence-electron chi connectivity index (χ2n) is 4.20. The van der Waals surface area contributed by atoms with Gasteiger partial charge in [-0.1, -0.05) is 13.3 Å². The minimum absolute atomic E-state index is 0.183. The number of urea groups is 1. The highest BCUT2D eigenvalue weighted by Gasteiger charge is 2.19. The van der Waals surface area contributed by atoms with Gasteiger partial charge in [0, 0.05) is 16.6 Å². The van der Waals surface area contributed by atoms with Gasteiger partial charge in [-0.05, 0) is 28.4 Å². The van der Waals surface area contributed by atoms with Crippen LogP contribution in [0.2, 0.25) is 0 Å². The number of nitro benzene ring substituents is 1. The molecule has 0 aliphatic carbocycles. The van der Waals surface area contributed by atoms with E-state index in [1.54, 1.807) is 6.92 Å². The number of halogens is 1. The van der Waals surface area contributed by atoms with E-state index in [1.807, 2.05) is 0 Å². The second kappa shape index (κ2) is 7.58. The number of non-ortho nitro benzene ring substituents is 1. The van der Waals surface area contributed by atoms with Crippen molar-refractivity contribution < 1.29 is 19.6 Å². The fraction of sp³-hybridized carbons (Fsp3) is 0.333. The zero-order chi connectivity index (χ0) is 16.0. The minimum Gasteiger partial charge on any atom is -0.480 e. The zero-order valence-corrected chi connectivity index (χ0v) is 12.7. The number of carbonyl (C=O) groups excluding carboxylic acids is 1. The Hall–Kier alpha value is -2.16. The van der Waals surface area contributed by atoms with Crippen molar-refractivity contribution in [2.24, 2.45) is 0 Å². The van der Waals surface area contributed by atoms with Crippen LogP contribution in [0, 0.1) is 10.1 Å². The molecule has 21 heavy (non-hydrogen) atoms. The summed E-state index contributed by atoms with van der Waals surface area (Å²) in [4.78, 5) is 32.8. The Balaban J connectivity index is 2.80. The predicted octanol–water partition coefficient (Wildman–Crippen LogP) is 2.73. The Kier molecular flexibility index (Phi) is 6.10. The summed E-state index contributed by atoms with van der Waals surface area (Å²) in [5, 5.41) is 24.3. The number of carboxylic acid groups (broad SMARTS) is 1. The molecule has 1 rings (SSSR count). The van der Waals surface area contributed by atoms with E-state index in [2.05, 4.69) is 26.6 Å². The van der Waals surface area contributed by atoms with E-state index >= 15 is 0 Å². The zero-order valence-electron chi connectivity index (χ0n) is 11.1. The number of anilines is 1. The van der Waals surface area contributed by atoms with Gasteiger partial charge in [0.15, 0.2) is 0 Å². The van der Waals surface area contributed by atoms with Gasteiger partial charge in [0.2, 0.25) is 0 Å². The molecule has 9 heteroatoms. The molecule has 1 atom stereocenters. The summed E-state index contributed by atoms with van der Waals surface area (Å²) in [7, 11) is 0. The first-order valence-corrected chi connectivity index (χ1v) is 6.88. The van der Waals surface area contributed by atoms with E-state index in [-0.39, 0.29) is 11.4 Å². The summed E-state index contributed by atoms with van der Waals surface area (Å²) in [6.45, 7) is 1.80. The van der Waals surface area contributed by atoms with Crippen LogP contribution in [0.4, 0.5) is 16.2 Å². The van der Waals surface area contributed by atoms with Gasteiger partial charge >= 0.3 is 12.0 Å². The van der Waals surface area contributed by atoms with Crippen molar-refractivity contribution in [2.45, 2.75) is 25.8 Å². The molecule has 8 nitrogen and oxygen atoms in total. The highest BCUT2D eigenvalue weighted by Crippen LogP contribution is 2.27. The Morgan fingerprint density at radius 1 is 1.48 bits per heavy atom. The molecule has 0 saturated carbocycles. The topological polar surface area (TPSA) is 122 Å². The molecular formula is C12H14BrN3O5. The molecule has 3 N–H and O–H groups in total. The third kappa shape index (κ3) is 5.03. The van der Waals surface area contributed by atoms with Crippen LogP contribution in [0.25, 0.3) is 0 Å². The number of carboxylic acids is 1. The summed E-state index contributed by atoms with van der Waals surface area (Å²) < 4.78 is 0.450. The fourth-order valence-corrected chi connectivity index (χ4v) is 1.93. The maximum atomic E-state index is 11.8. The highest BCUT2D eigenvalue weighted by atomic mass is 79.9. The lowest BCUT2D eigenvalue weighted by atomic mass is 10.2. The van der Waals surface area contributed by atoms with Crippen LogP contribution >= 0.6 is 15.9 Å². The van der Waals surface area contributed by atoms with Gasteiger partial charge in [0.05, 0.1) is 10.6 Å². The highest BCUT2D eigenvalue weighted by molar-refractivity contribution is 9.10. The average Bonchev–Trinajstić information content (AvgIpc) is 2.40. The summed E-state index contributed by atoms with van der Waals surface area (Å²) in [5.41, 5.74) is -0.000759. The number of nitrogens with zero attached hydrogens (tertiary/aromatic N) is 1.